The Morgan fingerprint density at radius 2 is 1.07 bits per heavy atom. The van der Waals surface area contributed by atoms with Crippen molar-refractivity contribution in [2.24, 2.45) is 17.8 Å². The molecule has 0 fully saturated rings. The second kappa shape index (κ2) is 22.8. The van der Waals surface area contributed by atoms with E-state index in [1.54, 1.807) is 0 Å². The van der Waals surface area contributed by atoms with Gasteiger partial charge in [-0.1, -0.05) is 264 Å². The molecule has 17 rings (SSSR count). The van der Waals surface area contributed by atoms with Gasteiger partial charge in [-0.05, 0) is 216 Å². The van der Waals surface area contributed by atoms with Gasteiger partial charge >= 0.3 is 0 Å². The third-order valence-electron chi connectivity index (χ3n) is 22.6. The molecule has 0 bridgehead atoms. The Balaban J connectivity index is 0.709. The maximum atomic E-state index is 11.0. The lowest BCUT2D eigenvalue weighted by molar-refractivity contribution is 0.385. The van der Waals surface area contributed by atoms with Crippen LogP contribution in [0.15, 0.2) is 321 Å². The Bertz CT molecular complexity index is 4800. The van der Waals surface area contributed by atoms with Gasteiger partial charge in [0.15, 0.2) is 0 Å². The van der Waals surface area contributed by atoms with Crippen molar-refractivity contribution in [1.29, 1.82) is 0 Å². The van der Waals surface area contributed by atoms with Crippen molar-refractivity contribution in [3.63, 3.8) is 0 Å². The predicted molar refractivity (Wildman–Crippen MR) is 391 cm³/mol. The summed E-state index contributed by atoms with van der Waals surface area (Å²) < 4.78 is 0. The average molecular weight is 1220 g/mol. The minimum atomic E-state index is -0.610. The van der Waals surface area contributed by atoms with E-state index < -0.39 is 5.41 Å². The molecule has 10 aromatic carbocycles. The first-order valence-electron chi connectivity index (χ1n) is 34.1. The van der Waals surface area contributed by atoms with Crippen LogP contribution in [0.25, 0.3) is 39.0 Å². The number of benzene rings is 10. The van der Waals surface area contributed by atoms with Crippen LogP contribution in [0.2, 0.25) is 0 Å². The van der Waals surface area contributed by atoms with Crippen LogP contribution >= 0.6 is 0 Å². The number of hydrogen-bond donors (Lipinski definition) is 1. The molecule has 7 unspecified atom stereocenters. The molecule has 7 aliphatic rings. The highest BCUT2D eigenvalue weighted by Crippen LogP contribution is 2.60. The van der Waals surface area contributed by atoms with Crippen LogP contribution in [0.1, 0.15) is 115 Å². The van der Waals surface area contributed by atoms with Gasteiger partial charge in [-0.3, -0.25) is 0 Å². The van der Waals surface area contributed by atoms with Crippen LogP contribution in [0.5, 0.6) is 5.75 Å². The highest BCUT2D eigenvalue weighted by atomic mass is 16.3. The van der Waals surface area contributed by atoms with E-state index in [1.807, 2.05) is 12.1 Å². The second-order valence-corrected chi connectivity index (χ2v) is 28.4. The molecule has 94 heavy (non-hydrogen) atoms. The molecular weight excluding hydrogens is 1140 g/mol. The van der Waals surface area contributed by atoms with Crippen LogP contribution in [-0.2, 0) is 16.2 Å². The quantitative estimate of drug-likeness (QED) is 0.124. The van der Waals surface area contributed by atoms with Crippen LogP contribution < -0.4 is 9.80 Å². The lowest BCUT2D eigenvalue weighted by Crippen LogP contribution is -2.38. The van der Waals surface area contributed by atoms with Crippen molar-refractivity contribution in [2.45, 2.75) is 87.5 Å². The van der Waals surface area contributed by atoms with Gasteiger partial charge in [0.1, 0.15) is 5.75 Å². The molecule has 7 aliphatic carbocycles. The fourth-order valence-corrected chi connectivity index (χ4v) is 17.8. The van der Waals surface area contributed by atoms with E-state index in [1.165, 1.54) is 100 Å². The molecule has 3 heteroatoms. The Morgan fingerprint density at radius 3 is 1.80 bits per heavy atom. The normalized spacial score (nSPS) is 22.8. The van der Waals surface area contributed by atoms with Gasteiger partial charge in [-0.25, -0.2) is 0 Å². The molecule has 0 heterocycles. The lowest BCUT2D eigenvalue weighted by atomic mass is 9.63. The number of phenols is 1. The smallest absolute Gasteiger partial charge is 0.115 e. The van der Waals surface area contributed by atoms with Crippen molar-refractivity contribution in [1.82, 2.24) is 0 Å². The van der Waals surface area contributed by atoms with Gasteiger partial charge in [0.2, 0.25) is 0 Å². The van der Waals surface area contributed by atoms with Crippen molar-refractivity contribution >= 4 is 28.3 Å². The summed E-state index contributed by atoms with van der Waals surface area (Å²) in [5.74, 6) is 2.06. The number of phenolic OH excluding ortho intramolecular Hbond substituents is 1. The summed E-state index contributed by atoms with van der Waals surface area (Å²) in [6.07, 6.45) is 30.8. The Kier molecular flexibility index (Phi) is 14.0. The Labute approximate surface area is 555 Å². The SMILES string of the molecule is CC1(C)c2ccccc2-c2ccc(N(c3ccc(-c4ccccc4)cc3)c3ccc(-c4ccc5c(c4)C(c4ccccc4)(c4ccc(O)cc4)C4=C5C=CC(C5C=CC(N(C6=CC7C(C=C6)c6ccccc6C7(C)C)c6ccc(C7C=CC=CC7)cc6)CC5)C4)cc3)cc21. The topological polar surface area (TPSA) is 26.7 Å². The van der Waals surface area contributed by atoms with Gasteiger partial charge in [-0.15, -0.1) is 0 Å². The van der Waals surface area contributed by atoms with Gasteiger partial charge in [0.25, 0.3) is 0 Å². The van der Waals surface area contributed by atoms with E-state index in [0.717, 1.165) is 48.3 Å². The summed E-state index contributed by atoms with van der Waals surface area (Å²) in [5, 5.41) is 11.0. The van der Waals surface area contributed by atoms with E-state index in [2.05, 4.69) is 335 Å². The zero-order chi connectivity index (χ0) is 63.3. The van der Waals surface area contributed by atoms with E-state index >= 15 is 0 Å². The molecule has 0 aromatic heterocycles. The molecule has 3 nitrogen and oxygen atoms in total. The summed E-state index contributed by atoms with van der Waals surface area (Å²) in [7, 11) is 0. The molecule has 0 radical (unpaired) electrons. The molecule has 0 amide bonds. The third-order valence-corrected chi connectivity index (χ3v) is 22.6. The summed E-state index contributed by atoms with van der Waals surface area (Å²) >= 11 is 0. The first-order valence-corrected chi connectivity index (χ1v) is 34.1. The number of nitrogens with zero attached hydrogens (tertiary/aromatic N) is 2. The van der Waals surface area contributed by atoms with Crippen molar-refractivity contribution in [3.8, 4) is 39.1 Å². The van der Waals surface area contributed by atoms with Gasteiger partial charge in [0, 0.05) is 45.7 Å². The molecule has 0 spiro atoms. The highest BCUT2D eigenvalue weighted by Gasteiger charge is 2.50. The van der Waals surface area contributed by atoms with Crippen molar-refractivity contribution < 1.29 is 5.11 Å². The molecular formula is C91H78N2O. The first kappa shape index (κ1) is 57.7. The number of aromatic hydroxyl groups is 1. The number of allylic oxidation sites excluding steroid dienone is 12. The fraction of sp³-hybridized carbons (Fsp3) is 0.187. The predicted octanol–water partition coefficient (Wildman–Crippen LogP) is 22.8. The molecule has 458 valence electrons. The minimum absolute atomic E-state index is 0.0146. The monoisotopic (exact) mass is 1210 g/mol. The summed E-state index contributed by atoms with van der Waals surface area (Å²) in [4.78, 5) is 5.08. The van der Waals surface area contributed by atoms with E-state index in [4.69, 9.17) is 0 Å². The van der Waals surface area contributed by atoms with Crippen LogP contribution in [0, 0.1) is 17.8 Å². The van der Waals surface area contributed by atoms with Crippen LogP contribution in [0.3, 0.4) is 0 Å². The summed E-state index contributed by atoms with van der Waals surface area (Å²) in [5.41, 5.74) is 27.2. The van der Waals surface area contributed by atoms with E-state index in [0.29, 0.717) is 29.6 Å². The number of anilines is 4. The molecule has 0 aliphatic heterocycles. The number of fused-ring (bicyclic) bond motifs is 8. The van der Waals surface area contributed by atoms with E-state index in [-0.39, 0.29) is 22.6 Å². The molecule has 7 atom stereocenters. The zero-order valence-corrected chi connectivity index (χ0v) is 54.1. The van der Waals surface area contributed by atoms with Crippen molar-refractivity contribution in [3.05, 3.63) is 371 Å². The molecule has 0 saturated carbocycles. The third kappa shape index (κ3) is 9.44. The van der Waals surface area contributed by atoms with Crippen molar-refractivity contribution in [2.75, 3.05) is 9.80 Å². The molecule has 0 saturated heterocycles. The van der Waals surface area contributed by atoms with E-state index in [9.17, 15) is 5.11 Å². The lowest BCUT2D eigenvalue weighted by Gasteiger charge is -2.41. The van der Waals surface area contributed by atoms with Crippen LogP contribution in [0.4, 0.5) is 22.7 Å². The maximum absolute atomic E-state index is 11.0. The average Bonchev–Trinajstić information content (AvgIpc) is 1.53. The van der Waals surface area contributed by atoms with Gasteiger partial charge in [-0.2, -0.15) is 0 Å². The molecule has 1 N–H and O–H groups in total. The summed E-state index contributed by atoms with van der Waals surface area (Å²) in [6.45, 7) is 9.62. The number of rotatable bonds is 12. The van der Waals surface area contributed by atoms with Gasteiger partial charge < -0.3 is 14.9 Å². The Hall–Kier alpha value is -10.2. The first-order chi connectivity index (χ1) is 46.0. The minimum Gasteiger partial charge on any atom is -0.508 e. The fourth-order valence-electron chi connectivity index (χ4n) is 17.8. The largest absolute Gasteiger partial charge is 0.508 e. The van der Waals surface area contributed by atoms with Crippen LogP contribution in [-0.4, -0.2) is 11.1 Å². The maximum Gasteiger partial charge on any atom is 0.115 e. The Morgan fingerprint density at radius 1 is 0.447 bits per heavy atom. The summed E-state index contributed by atoms with van der Waals surface area (Å²) in [6, 6.07) is 90.3. The van der Waals surface area contributed by atoms with Gasteiger partial charge in [0.05, 0.1) is 11.5 Å². The molecule has 10 aromatic rings. The second-order valence-electron chi connectivity index (χ2n) is 28.4. The number of hydrogen-bond acceptors (Lipinski definition) is 3. The highest BCUT2D eigenvalue weighted by molar-refractivity contribution is 5.93. The zero-order valence-electron chi connectivity index (χ0n) is 54.1. The standard InChI is InChI=1S/C91H78N2O/c1-89(2)83-26-16-14-24-77(83)79-54-48-74(58-85(79)89)92(70-40-28-62(29-41-70)60-18-8-5-9-19-60)72-44-32-64(33-45-72)66-36-52-81-82-53-37-67(57-88(82)91(87(81)56-66,68-22-12-7-13-23-68)69-38-50-76(94)51-39-69)65-34-46-73(47-35-65)93(71-42-30-63(31-43-71)61-20-10-6-11-21-61)75-49-55-80-78-25-15-17-27-84(78)90(3,4)86(80)59-75/h5-20,22-34,36-46,48-56,58-59,61,65,67,73,80,86,94H,21,35,47,57H2,1-4H3.